The summed E-state index contributed by atoms with van der Waals surface area (Å²) in [6.07, 6.45) is 9.29. The largest absolute Gasteiger partial charge is 0.313 e. The first-order valence-electron chi connectivity index (χ1n) is 7.08. The fraction of sp³-hybridized carbons (Fsp3) is 1.00. The van der Waals surface area contributed by atoms with Crippen LogP contribution in [0.5, 0.6) is 0 Å². The van der Waals surface area contributed by atoms with Crippen molar-refractivity contribution >= 4 is 9.84 Å². The van der Waals surface area contributed by atoms with Gasteiger partial charge in [-0.25, -0.2) is 8.42 Å². The molecule has 0 unspecified atom stereocenters. The molecular weight excluding hydrogens is 234 g/mol. The fourth-order valence-corrected chi connectivity index (χ4v) is 3.68. The second-order valence-electron chi connectivity index (χ2n) is 5.15. The van der Waals surface area contributed by atoms with Gasteiger partial charge in [-0.2, -0.15) is 0 Å². The second-order valence-corrected chi connectivity index (χ2v) is 7.45. The number of hydrogen-bond acceptors (Lipinski definition) is 3. The van der Waals surface area contributed by atoms with Crippen LogP contribution in [0.4, 0.5) is 0 Å². The Morgan fingerprint density at radius 1 is 1.06 bits per heavy atom. The Kier molecular flexibility index (Phi) is 7.12. The fourth-order valence-electron chi connectivity index (χ4n) is 2.40. The monoisotopic (exact) mass is 261 g/mol. The summed E-state index contributed by atoms with van der Waals surface area (Å²) in [4.78, 5) is 0. The molecule has 1 aliphatic rings. The van der Waals surface area contributed by atoms with Crippen molar-refractivity contribution < 1.29 is 8.42 Å². The van der Waals surface area contributed by atoms with Crippen molar-refractivity contribution in [2.45, 2.75) is 64.3 Å². The van der Waals surface area contributed by atoms with E-state index in [1.807, 2.05) is 0 Å². The molecule has 0 aromatic rings. The molecule has 1 rings (SSSR count). The third kappa shape index (κ3) is 7.04. The third-order valence-electron chi connectivity index (χ3n) is 3.51. The van der Waals surface area contributed by atoms with Crippen LogP contribution < -0.4 is 5.32 Å². The average molecular weight is 261 g/mol. The molecule has 1 saturated carbocycles. The summed E-state index contributed by atoms with van der Waals surface area (Å²) in [6, 6.07) is 0.564. The van der Waals surface area contributed by atoms with Crippen molar-refractivity contribution in [1.82, 2.24) is 5.32 Å². The van der Waals surface area contributed by atoms with Crippen molar-refractivity contribution in [2.24, 2.45) is 0 Å². The summed E-state index contributed by atoms with van der Waals surface area (Å²) < 4.78 is 23.4. The molecule has 3 nitrogen and oxygen atoms in total. The molecule has 1 aliphatic carbocycles. The Morgan fingerprint density at radius 2 is 1.76 bits per heavy atom. The zero-order valence-electron chi connectivity index (χ0n) is 11.1. The van der Waals surface area contributed by atoms with E-state index in [9.17, 15) is 8.42 Å². The van der Waals surface area contributed by atoms with E-state index in [4.69, 9.17) is 0 Å². The van der Waals surface area contributed by atoms with Crippen LogP contribution in [0, 0.1) is 0 Å². The van der Waals surface area contributed by atoms with Gasteiger partial charge in [0.15, 0.2) is 9.84 Å². The zero-order chi connectivity index (χ0) is 12.6. The highest BCUT2D eigenvalue weighted by Crippen LogP contribution is 2.17. The molecule has 0 aromatic carbocycles. The number of nitrogens with one attached hydrogen (secondary N) is 1. The standard InChI is InChI=1S/C13H27NO2S/c1-2-3-7-11-17(15,16)12-10-14-13-8-5-4-6-9-13/h13-14H,2-12H2,1H3. The van der Waals surface area contributed by atoms with Crippen LogP contribution in [-0.2, 0) is 9.84 Å². The van der Waals surface area contributed by atoms with Crippen LogP contribution in [0.15, 0.2) is 0 Å². The molecule has 1 fully saturated rings. The smallest absolute Gasteiger partial charge is 0.151 e. The second kappa shape index (κ2) is 8.09. The number of hydrogen-bond donors (Lipinski definition) is 1. The molecule has 0 bridgehead atoms. The normalized spacial score (nSPS) is 18.4. The van der Waals surface area contributed by atoms with Gasteiger partial charge in [0.05, 0.1) is 11.5 Å². The van der Waals surface area contributed by atoms with Crippen molar-refractivity contribution in [2.75, 3.05) is 18.1 Å². The first-order chi connectivity index (χ1) is 8.14. The maximum absolute atomic E-state index is 11.7. The first kappa shape index (κ1) is 15.0. The van der Waals surface area contributed by atoms with E-state index in [2.05, 4.69) is 12.2 Å². The highest BCUT2D eigenvalue weighted by Gasteiger charge is 2.14. The summed E-state index contributed by atoms with van der Waals surface area (Å²) in [5.74, 6) is 0.681. The van der Waals surface area contributed by atoms with Crippen molar-refractivity contribution in [1.29, 1.82) is 0 Å². The minimum Gasteiger partial charge on any atom is -0.313 e. The minimum atomic E-state index is -2.82. The molecule has 17 heavy (non-hydrogen) atoms. The zero-order valence-corrected chi connectivity index (χ0v) is 11.9. The Balaban J connectivity index is 2.11. The average Bonchev–Trinajstić information content (AvgIpc) is 2.30. The maximum atomic E-state index is 11.7. The molecule has 0 radical (unpaired) electrons. The number of unbranched alkanes of at least 4 members (excludes halogenated alkanes) is 2. The molecule has 102 valence electrons. The quantitative estimate of drug-likeness (QED) is 0.683. The predicted octanol–water partition coefficient (Wildman–Crippen LogP) is 2.51. The van der Waals surface area contributed by atoms with Crippen molar-refractivity contribution in [3.63, 3.8) is 0 Å². The highest BCUT2D eigenvalue weighted by molar-refractivity contribution is 7.91. The van der Waals surface area contributed by atoms with E-state index < -0.39 is 9.84 Å². The molecule has 0 atom stereocenters. The first-order valence-corrected chi connectivity index (χ1v) is 8.90. The Morgan fingerprint density at radius 3 is 2.41 bits per heavy atom. The van der Waals surface area contributed by atoms with Crippen LogP contribution in [0.1, 0.15) is 58.3 Å². The van der Waals surface area contributed by atoms with Gasteiger partial charge in [0.25, 0.3) is 0 Å². The minimum absolute atomic E-state index is 0.313. The lowest BCUT2D eigenvalue weighted by atomic mass is 9.96. The van der Waals surface area contributed by atoms with Crippen LogP contribution in [0.2, 0.25) is 0 Å². The van der Waals surface area contributed by atoms with Gasteiger partial charge >= 0.3 is 0 Å². The van der Waals surface area contributed by atoms with Crippen LogP contribution in [0.25, 0.3) is 0 Å². The molecule has 0 aromatic heterocycles. The van der Waals surface area contributed by atoms with Crippen molar-refractivity contribution in [3.8, 4) is 0 Å². The van der Waals surface area contributed by atoms with Gasteiger partial charge in [-0.1, -0.05) is 39.0 Å². The van der Waals surface area contributed by atoms with Gasteiger partial charge in [-0.3, -0.25) is 0 Å². The lowest BCUT2D eigenvalue weighted by Gasteiger charge is -2.22. The Hall–Kier alpha value is -0.0900. The van der Waals surface area contributed by atoms with E-state index in [0.29, 0.717) is 24.1 Å². The van der Waals surface area contributed by atoms with Gasteiger partial charge in [0.2, 0.25) is 0 Å². The van der Waals surface area contributed by atoms with E-state index in [1.165, 1.54) is 32.1 Å². The molecule has 0 aliphatic heterocycles. The van der Waals surface area contributed by atoms with Gasteiger partial charge in [-0.15, -0.1) is 0 Å². The predicted molar refractivity (Wildman–Crippen MR) is 73.1 cm³/mol. The van der Waals surface area contributed by atoms with E-state index in [0.717, 1.165) is 19.3 Å². The van der Waals surface area contributed by atoms with Gasteiger partial charge in [0, 0.05) is 12.6 Å². The van der Waals surface area contributed by atoms with E-state index in [-0.39, 0.29) is 0 Å². The summed E-state index contributed by atoms with van der Waals surface area (Å²) in [7, 11) is -2.82. The third-order valence-corrected chi connectivity index (χ3v) is 5.25. The lowest BCUT2D eigenvalue weighted by molar-refractivity contribution is 0.380. The van der Waals surface area contributed by atoms with Crippen LogP contribution >= 0.6 is 0 Å². The highest BCUT2D eigenvalue weighted by atomic mass is 32.2. The molecule has 1 N–H and O–H groups in total. The molecule has 0 heterocycles. The molecule has 4 heteroatoms. The molecule has 0 amide bonds. The molecular formula is C13H27NO2S. The summed E-state index contributed by atoms with van der Waals surface area (Å²) >= 11 is 0. The Labute approximate surface area is 106 Å². The van der Waals surface area contributed by atoms with Gasteiger partial charge < -0.3 is 5.32 Å². The van der Waals surface area contributed by atoms with Crippen molar-refractivity contribution in [3.05, 3.63) is 0 Å². The van der Waals surface area contributed by atoms with Crippen LogP contribution in [0.3, 0.4) is 0 Å². The van der Waals surface area contributed by atoms with Gasteiger partial charge in [0.1, 0.15) is 0 Å². The topological polar surface area (TPSA) is 46.2 Å². The lowest BCUT2D eigenvalue weighted by Crippen LogP contribution is -2.35. The molecule has 0 saturated heterocycles. The van der Waals surface area contributed by atoms with E-state index in [1.54, 1.807) is 0 Å². The molecule has 0 spiro atoms. The van der Waals surface area contributed by atoms with Gasteiger partial charge in [-0.05, 0) is 19.3 Å². The number of rotatable bonds is 8. The number of sulfone groups is 1. The summed E-state index contributed by atoms with van der Waals surface area (Å²) in [6.45, 7) is 2.73. The summed E-state index contributed by atoms with van der Waals surface area (Å²) in [5.41, 5.74) is 0. The SMILES string of the molecule is CCCCCS(=O)(=O)CCNC1CCCCC1. The van der Waals surface area contributed by atoms with E-state index >= 15 is 0 Å². The maximum Gasteiger partial charge on any atom is 0.151 e. The Bertz CT molecular complexity index is 282. The van der Waals surface area contributed by atoms with Crippen LogP contribution in [-0.4, -0.2) is 32.5 Å². The summed E-state index contributed by atoms with van der Waals surface area (Å²) in [5, 5.41) is 3.39.